The summed E-state index contributed by atoms with van der Waals surface area (Å²) in [6.45, 7) is 0.990. The van der Waals surface area contributed by atoms with Gasteiger partial charge in [0.15, 0.2) is 0 Å². The van der Waals surface area contributed by atoms with Gasteiger partial charge < -0.3 is 10.1 Å². The molecule has 0 aromatic carbocycles. The molecular weight excluding hydrogens is 222 g/mol. The zero-order valence-corrected chi connectivity index (χ0v) is 11.8. The third kappa shape index (κ3) is 3.08. The van der Waals surface area contributed by atoms with Gasteiger partial charge in [0.2, 0.25) is 0 Å². The number of ether oxygens (including phenoxy) is 1. The van der Waals surface area contributed by atoms with Crippen LogP contribution in [0.4, 0.5) is 0 Å². The summed E-state index contributed by atoms with van der Waals surface area (Å²) < 4.78 is 6.13. The number of nitrogens with one attached hydrogen (secondary N) is 1. The van der Waals surface area contributed by atoms with Gasteiger partial charge in [-0.25, -0.2) is 0 Å². The van der Waals surface area contributed by atoms with Crippen LogP contribution in [0.25, 0.3) is 0 Å². The molecule has 104 valence electrons. The molecule has 1 spiro atoms. The molecule has 1 aliphatic heterocycles. The highest BCUT2D eigenvalue weighted by Gasteiger charge is 2.40. The zero-order valence-electron chi connectivity index (χ0n) is 11.8. The molecule has 1 atom stereocenters. The summed E-state index contributed by atoms with van der Waals surface area (Å²) in [5.41, 5.74) is 0.278. The Morgan fingerprint density at radius 2 is 1.50 bits per heavy atom. The number of hydrogen-bond donors (Lipinski definition) is 1. The van der Waals surface area contributed by atoms with Crippen LogP contribution in [0.3, 0.4) is 0 Å². The molecule has 3 fully saturated rings. The molecule has 1 unspecified atom stereocenters. The summed E-state index contributed by atoms with van der Waals surface area (Å²) in [7, 11) is 0. The lowest BCUT2D eigenvalue weighted by Gasteiger charge is -2.40. The largest absolute Gasteiger partial charge is 0.375 e. The molecule has 3 rings (SSSR count). The van der Waals surface area contributed by atoms with Crippen LogP contribution >= 0.6 is 0 Å². The highest BCUT2D eigenvalue weighted by atomic mass is 16.5. The van der Waals surface area contributed by atoms with Crippen molar-refractivity contribution in [2.24, 2.45) is 0 Å². The van der Waals surface area contributed by atoms with E-state index in [0.717, 1.165) is 18.7 Å². The molecule has 3 aliphatic rings. The van der Waals surface area contributed by atoms with E-state index >= 15 is 0 Å². The van der Waals surface area contributed by atoms with E-state index < -0.39 is 0 Å². The van der Waals surface area contributed by atoms with E-state index in [9.17, 15) is 0 Å². The molecule has 0 aromatic rings. The smallest absolute Gasteiger partial charge is 0.0697 e. The van der Waals surface area contributed by atoms with Crippen molar-refractivity contribution >= 4 is 0 Å². The average molecular weight is 251 g/mol. The fourth-order valence-corrected chi connectivity index (χ4v) is 4.32. The predicted molar refractivity (Wildman–Crippen MR) is 74.8 cm³/mol. The van der Waals surface area contributed by atoms with Gasteiger partial charge in [0.1, 0.15) is 0 Å². The zero-order chi connectivity index (χ0) is 12.3. The van der Waals surface area contributed by atoms with Gasteiger partial charge >= 0.3 is 0 Å². The minimum Gasteiger partial charge on any atom is -0.375 e. The van der Waals surface area contributed by atoms with Crippen LogP contribution in [0, 0.1) is 0 Å². The molecule has 1 N–H and O–H groups in total. The second-order valence-corrected chi connectivity index (χ2v) is 6.78. The molecular formula is C16H29NO. The normalized spacial score (nSPS) is 33.7. The summed E-state index contributed by atoms with van der Waals surface area (Å²) in [4.78, 5) is 0. The Hall–Kier alpha value is -0.0800. The van der Waals surface area contributed by atoms with E-state index in [-0.39, 0.29) is 5.60 Å². The Bertz CT molecular complexity index is 252. The molecule has 2 heteroatoms. The van der Waals surface area contributed by atoms with Gasteiger partial charge in [-0.1, -0.05) is 38.5 Å². The first-order chi connectivity index (χ1) is 8.86. The van der Waals surface area contributed by atoms with Crippen molar-refractivity contribution < 1.29 is 4.74 Å². The molecule has 1 heterocycles. The molecule has 0 radical (unpaired) electrons. The summed E-state index contributed by atoms with van der Waals surface area (Å²) >= 11 is 0. The van der Waals surface area contributed by atoms with E-state index in [1.54, 1.807) is 0 Å². The van der Waals surface area contributed by atoms with Crippen molar-refractivity contribution in [3.8, 4) is 0 Å². The lowest BCUT2D eigenvalue weighted by Crippen LogP contribution is -2.48. The van der Waals surface area contributed by atoms with Crippen LogP contribution in [0.2, 0.25) is 0 Å². The first-order valence-electron chi connectivity index (χ1n) is 8.26. The topological polar surface area (TPSA) is 21.3 Å². The molecule has 0 bridgehead atoms. The fraction of sp³-hybridized carbons (Fsp3) is 1.00. The maximum Gasteiger partial charge on any atom is 0.0697 e. The molecule has 2 aliphatic carbocycles. The van der Waals surface area contributed by atoms with Gasteiger partial charge in [-0.05, 0) is 38.5 Å². The molecule has 18 heavy (non-hydrogen) atoms. The minimum atomic E-state index is 0.278. The second-order valence-electron chi connectivity index (χ2n) is 6.78. The van der Waals surface area contributed by atoms with E-state index in [1.807, 2.05) is 0 Å². The lowest BCUT2D eigenvalue weighted by molar-refractivity contribution is -0.0848. The molecule has 0 amide bonds. The van der Waals surface area contributed by atoms with Gasteiger partial charge in [0, 0.05) is 18.7 Å². The van der Waals surface area contributed by atoms with Crippen LogP contribution in [-0.4, -0.2) is 24.3 Å². The van der Waals surface area contributed by atoms with Crippen LogP contribution in [0.5, 0.6) is 0 Å². The van der Waals surface area contributed by atoms with E-state index in [2.05, 4.69) is 5.32 Å². The maximum absolute atomic E-state index is 6.13. The Balaban J connectivity index is 1.52. The molecule has 2 saturated carbocycles. The minimum absolute atomic E-state index is 0.278. The van der Waals surface area contributed by atoms with Gasteiger partial charge in [-0.3, -0.25) is 0 Å². The Morgan fingerprint density at radius 1 is 0.778 bits per heavy atom. The molecule has 1 saturated heterocycles. The van der Waals surface area contributed by atoms with Crippen LogP contribution in [-0.2, 0) is 4.74 Å². The second kappa shape index (κ2) is 5.92. The highest BCUT2D eigenvalue weighted by molar-refractivity contribution is 4.94. The number of hydrogen-bond acceptors (Lipinski definition) is 2. The number of rotatable bonds is 2. The molecule has 0 aromatic heterocycles. The van der Waals surface area contributed by atoms with Crippen molar-refractivity contribution in [2.75, 3.05) is 6.61 Å². The van der Waals surface area contributed by atoms with Crippen molar-refractivity contribution in [1.29, 1.82) is 0 Å². The van der Waals surface area contributed by atoms with Gasteiger partial charge in [-0.15, -0.1) is 0 Å². The summed E-state index contributed by atoms with van der Waals surface area (Å²) in [5, 5.41) is 3.97. The molecule has 2 nitrogen and oxygen atoms in total. The summed E-state index contributed by atoms with van der Waals surface area (Å²) in [6, 6.07) is 1.54. The van der Waals surface area contributed by atoms with Crippen LogP contribution in [0.15, 0.2) is 0 Å². The van der Waals surface area contributed by atoms with E-state index in [1.165, 1.54) is 77.0 Å². The van der Waals surface area contributed by atoms with Crippen molar-refractivity contribution in [2.45, 2.75) is 94.7 Å². The van der Waals surface area contributed by atoms with Crippen molar-refractivity contribution in [3.05, 3.63) is 0 Å². The van der Waals surface area contributed by atoms with E-state index in [4.69, 9.17) is 4.74 Å². The van der Waals surface area contributed by atoms with Crippen molar-refractivity contribution in [3.63, 3.8) is 0 Å². The Labute approximate surface area is 112 Å². The van der Waals surface area contributed by atoms with Crippen LogP contribution in [0.1, 0.15) is 77.0 Å². The maximum atomic E-state index is 6.13. The first kappa shape index (κ1) is 12.9. The van der Waals surface area contributed by atoms with E-state index in [0.29, 0.717) is 0 Å². The Morgan fingerprint density at radius 3 is 2.22 bits per heavy atom. The highest BCUT2D eigenvalue weighted by Crippen LogP contribution is 2.40. The summed E-state index contributed by atoms with van der Waals surface area (Å²) in [5.74, 6) is 0. The third-order valence-corrected chi connectivity index (χ3v) is 5.33. The van der Waals surface area contributed by atoms with Crippen LogP contribution < -0.4 is 5.32 Å². The van der Waals surface area contributed by atoms with Gasteiger partial charge in [-0.2, -0.15) is 0 Å². The lowest BCUT2D eigenvalue weighted by atomic mass is 9.88. The SMILES string of the molecule is C1CCCC(NC2CCOC3(CCCC3)C2)CC1. The quantitative estimate of drug-likeness (QED) is 0.754. The Kier molecular flexibility index (Phi) is 4.25. The monoisotopic (exact) mass is 251 g/mol. The third-order valence-electron chi connectivity index (χ3n) is 5.33. The van der Waals surface area contributed by atoms with Gasteiger partial charge in [0.25, 0.3) is 0 Å². The standard InChI is InChI=1S/C16H29NO/c1-2-4-8-14(7-3-1)17-15-9-12-18-16(13-15)10-5-6-11-16/h14-15,17H,1-13H2. The summed E-state index contributed by atoms with van der Waals surface area (Å²) in [6.07, 6.45) is 16.5. The first-order valence-corrected chi connectivity index (χ1v) is 8.26. The predicted octanol–water partition coefficient (Wildman–Crippen LogP) is 3.79. The van der Waals surface area contributed by atoms with Gasteiger partial charge in [0.05, 0.1) is 5.60 Å². The average Bonchev–Trinajstić information content (AvgIpc) is 2.66. The fourth-order valence-electron chi connectivity index (χ4n) is 4.32. The van der Waals surface area contributed by atoms with Crippen molar-refractivity contribution in [1.82, 2.24) is 5.32 Å².